The molecule has 13 heavy (non-hydrogen) atoms. The summed E-state index contributed by atoms with van der Waals surface area (Å²) in [7, 11) is 0. The highest BCUT2D eigenvalue weighted by molar-refractivity contribution is 14.2. The Morgan fingerprint density at radius 3 is 3.08 bits per heavy atom. The minimum absolute atomic E-state index is 0.203. The molecule has 1 aliphatic rings. The minimum Gasteiger partial charge on any atom is -0.353 e. The predicted molar refractivity (Wildman–Crippen MR) is 63.2 cm³/mol. The zero-order valence-electron chi connectivity index (χ0n) is 7.68. The minimum atomic E-state index is 0.203. The Labute approximate surface area is 93.7 Å². The summed E-state index contributed by atoms with van der Waals surface area (Å²) in [5.74, 6) is 0.698. The van der Waals surface area contributed by atoms with Crippen molar-refractivity contribution >= 4 is 34.4 Å². The number of hydrogen-bond acceptors (Lipinski definition) is 2. The quantitative estimate of drug-likeness (QED) is 0.480. The van der Waals surface area contributed by atoms with Crippen molar-refractivity contribution in [3.8, 4) is 0 Å². The molecule has 0 aromatic heterocycles. The number of rotatable bonds is 5. The van der Waals surface area contributed by atoms with E-state index < -0.39 is 0 Å². The van der Waals surface area contributed by atoms with Crippen LogP contribution in [0, 0.1) is 5.92 Å². The van der Waals surface area contributed by atoms with Gasteiger partial charge in [0.05, 0.1) is 13.1 Å². The van der Waals surface area contributed by atoms with Crippen LogP contribution >= 0.6 is 28.5 Å². The second-order valence-corrected chi connectivity index (χ2v) is 5.19. The van der Waals surface area contributed by atoms with Crippen LogP contribution in [0.15, 0.2) is 0 Å². The average molecular weight is 315 g/mol. The Hall–Kier alpha value is 0.590. The van der Waals surface area contributed by atoms with Gasteiger partial charge >= 0.3 is 0 Å². The van der Waals surface area contributed by atoms with Gasteiger partial charge in [-0.2, -0.15) is 0 Å². The van der Waals surface area contributed by atoms with E-state index in [4.69, 9.17) is 4.52 Å². The molecular weight excluding hydrogens is 300 g/mol. The fourth-order valence-corrected chi connectivity index (χ4v) is 2.50. The number of nitrogens with one attached hydrogen (secondary N) is 1. The lowest BCUT2D eigenvalue weighted by Gasteiger charge is -2.13. The van der Waals surface area contributed by atoms with E-state index in [0.29, 0.717) is 24.8 Å². The molecule has 0 aromatic rings. The lowest BCUT2D eigenvalue weighted by atomic mass is 9.99. The van der Waals surface area contributed by atoms with Gasteiger partial charge in [0.25, 0.3) is 0 Å². The van der Waals surface area contributed by atoms with Crippen LogP contribution in [0.4, 0.5) is 0 Å². The van der Waals surface area contributed by atoms with Gasteiger partial charge in [-0.25, -0.2) is 0 Å². The van der Waals surface area contributed by atoms with Crippen molar-refractivity contribution in [2.75, 3.05) is 6.61 Å². The zero-order chi connectivity index (χ0) is 9.68. The zero-order valence-corrected chi connectivity index (χ0v) is 10.8. The number of carbonyl (C=O) groups excluding carboxylic acids is 1. The van der Waals surface area contributed by atoms with Gasteiger partial charge in [-0.1, -0.05) is 6.92 Å². The molecule has 1 fully saturated rings. The Balaban J connectivity index is 2.11. The van der Waals surface area contributed by atoms with E-state index in [0.717, 1.165) is 19.4 Å². The van der Waals surface area contributed by atoms with Gasteiger partial charge in [0.1, 0.15) is 0 Å². The third-order valence-electron chi connectivity index (χ3n) is 2.36. The Morgan fingerprint density at radius 2 is 2.54 bits per heavy atom. The molecule has 0 aliphatic carbocycles. The first-order valence-corrected chi connectivity index (χ1v) is 8.53. The number of carbonyl (C=O) groups is 1. The fourth-order valence-electron chi connectivity index (χ4n) is 1.61. The Kier molecular flexibility index (Phi) is 5.51. The smallest absolute Gasteiger partial charge is 0.220 e. The lowest BCUT2D eigenvalue weighted by molar-refractivity contribution is -0.119. The van der Waals surface area contributed by atoms with Gasteiger partial charge in [0, 0.05) is 12.5 Å². The molecule has 1 N–H and O–H groups in total. The molecule has 1 heterocycles. The summed E-state index contributed by atoms with van der Waals surface area (Å²) in [6.45, 7) is 3.50. The highest BCUT2D eigenvalue weighted by Gasteiger charge is 2.27. The molecule has 1 rings (SSSR count). The van der Waals surface area contributed by atoms with E-state index in [-0.39, 0.29) is 5.91 Å². The number of hydrogen-bond donors (Lipinski definition) is 1. The third kappa shape index (κ3) is 4.09. The van der Waals surface area contributed by atoms with Gasteiger partial charge in [0.15, 0.2) is 0 Å². The first kappa shape index (κ1) is 11.7. The van der Waals surface area contributed by atoms with Gasteiger partial charge in [-0.3, -0.25) is 4.79 Å². The molecule has 0 aromatic carbocycles. The van der Waals surface area contributed by atoms with E-state index in [1.165, 1.54) is 0 Å². The van der Waals surface area contributed by atoms with Crippen LogP contribution in [0.2, 0.25) is 0 Å². The lowest BCUT2D eigenvalue weighted by Crippen LogP contribution is -2.28. The Morgan fingerprint density at radius 1 is 1.77 bits per heavy atom. The molecule has 1 saturated heterocycles. The van der Waals surface area contributed by atoms with Crippen LogP contribution in [0.25, 0.3) is 0 Å². The molecule has 0 radical (unpaired) electrons. The predicted octanol–water partition coefficient (Wildman–Crippen LogP) is 2.25. The maximum Gasteiger partial charge on any atom is 0.220 e. The van der Waals surface area contributed by atoms with Gasteiger partial charge < -0.3 is 9.84 Å². The van der Waals surface area contributed by atoms with Crippen molar-refractivity contribution in [3.63, 3.8) is 0 Å². The molecule has 0 spiro atoms. The summed E-state index contributed by atoms with van der Waals surface area (Å²) >= 11 is 2.22. The molecule has 1 amide bonds. The van der Waals surface area contributed by atoms with Crippen LogP contribution in [-0.4, -0.2) is 18.6 Å². The first-order valence-electron chi connectivity index (χ1n) is 4.51. The highest BCUT2D eigenvalue weighted by Crippen LogP contribution is 2.23. The van der Waals surface area contributed by atoms with E-state index in [1.54, 1.807) is 0 Å². The van der Waals surface area contributed by atoms with Gasteiger partial charge in [-0.15, -0.1) is 0 Å². The molecule has 0 bridgehead atoms. The molecule has 0 saturated carbocycles. The topological polar surface area (TPSA) is 38.3 Å². The fraction of sp³-hybridized carbons (Fsp3) is 0.875. The maximum absolute atomic E-state index is 11.0. The summed E-state index contributed by atoms with van der Waals surface area (Å²) in [6, 6.07) is 0.383. The molecular formula is C8H15INO2P. The number of halogens is 1. The standard InChI is InChI=1S/C8H15INO2P/c1-6-5-8(11)10-7(6)3-2-4-12-13-9/h6-7,13H,2-5H2,1H3,(H,10,11). The molecule has 5 heteroatoms. The SMILES string of the molecule is CC1CC(=O)NC1CCCOPI. The van der Waals surface area contributed by atoms with Crippen molar-refractivity contribution in [3.05, 3.63) is 0 Å². The summed E-state index contributed by atoms with van der Waals surface area (Å²) in [5.41, 5.74) is 0. The summed E-state index contributed by atoms with van der Waals surface area (Å²) in [4.78, 5) is 11.0. The van der Waals surface area contributed by atoms with Crippen LogP contribution in [0.1, 0.15) is 26.2 Å². The van der Waals surface area contributed by atoms with Crippen LogP contribution in [-0.2, 0) is 9.32 Å². The van der Waals surface area contributed by atoms with Gasteiger partial charge in [0.2, 0.25) is 5.91 Å². The highest BCUT2D eigenvalue weighted by atomic mass is 127. The summed E-state index contributed by atoms with van der Waals surface area (Å²) in [6.07, 6.45) is 2.79. The molecule has 1 aliphatic heterocycles. The van der Waals surface area contributed by atoms with Crippen molar-refractivity contribution in [1.29, 1.82) is 0 Å². The maximum atomic E-state index is 11.0. The first-order chi connectivity index (χ1) is 6.24. The van der Waals surface area contributed by atoms with Crippen molar-refractivity contribution < 1.29 is 9.32 Å². The molecule has 3 atom stereocenters. The van der Waals surface area contributed by atoms with Crippen molar-refractivity contribution in [2.45, 2.75) is 32.2 Å². The van der Waals surface area contributed by atoms with Gasteiger partial charge in [-0.05, 0) is 40.8 Å². The monoisotopic (exact) mass is 315 g/mol. The van der Waals surface area contributed by atoms with E-state index in [2.05, 4.69) is 34.3 Å². The molecule has 3 unspecified atom stereocenters. The summed E-state index contributed by atoms with van der Waals surface area (Å²) < 4.78 is 5.26. The third-order valence-corrected chi connectivity index (χ3v) is 3.60. The van der Waals surface area contributed by atoms with E-state index >= 15 is 0 Å². The van der Waals surface area contributed by atoms with Crippen molar-refractivity contribution in [2.24, 2.45) is 5.92 Å². The van der Waals surface area contributed by atoms with Crippen LogP contribution in [0.3, 0.4) is 0 Å². The second-order valence-electron chi connectivity index (χ2n) is 3.42. The van der Waals surface area contributed by atoms with Crippen LogP contribution < -0.4 is 5.32 Å². The second kappa shape index (κ2) is 6.14. The average Bonchev–Trinajstić information content (AvgIpc) is 2.39. The summed E-state index contributed by atoms with van der Waals surface area (Å²) in [5, 5.41) is 2.99. The van der Waals surface area contributed by atoms with E-state index in [1.807, 2.05) is 0 Å². The van der Waals surface area contributed by atoms with Crippen LogP contribution in [0.5, 0.6) is 0 Å². The largest absolute Gasteiger partial charge is 0.353 e. The number of amides is 1. The van der Waals surface area contributed by atoms with E-state index in [9.17, 15) is 4.79 Å². The normalized spacial score (nSPS) is 28.6. The Bertz CT molecular complexity index is 180. The molecule has 76 valence electrons. The van der Waals surface area contributed by atoms with Crippen molar-refractivity contribution in [1.82, 2.24) is 5.32 Å². The molecule has 3 nitrogen and oxygen atoms in total.